The third kappa shape index (κ3) is 17.3. The van der Waals surface area contributed by atoms with E-state index >= 15 is 0 Å². The Labute approximate surface area is 185 Å². The molecule has 0 aromatic heterocycles. The number of ether oxygens (including phenoxy) is 2. The van der Waals surface area contributed by atoms with Gasteiger partial charge in [0, 0.05) is 11.1 Å². The molecule has 0 fully saturated rings. The highest BCUT2D eigenvalue weighted by Crippen LogP contribution is 2.17. The van der Waals surface area contributed by atoms with Crippen molar-refractivity contribution in [2.24, 2.45) is 0 Å². The molecule has 0 aromatic rings. The molecule has 0 heterocycles. The van der Waals surface area contributed by atoms with Gasteiger partial charge in [0.2, 0.25) is 0 Å². The molecule has 0 radical (unpaired) electrons. The van der Waals surface area contributed by atoms with Crippen LogP contribution in [-0.4, -0.2) is 24.6 Å². The lowest BCUT2D eigenvalue weighted by molar-refractivity contribution is -0.145. The molecule has 0 saturated carbocycles. The number of hydrogen-bond donors (Lipinski definition) is 0. The van der Waals surface area contributed by atoms with Crippen molar-refractivity contribution in [1.29, 1.82) is 0 Å². The van der Waals surface area contributed by atoms with E-state index in [4.69, 9.17) is 9.47 Å². The SMILES string of the molecule is C=C(C)C(=O)OCCCCCCCCCCCC(CCCCCC)OC(=O)C(=C)C. The normalized spacial score (nSPS) is 11.7. The molecule has 0 aliphatic rings. The molecule has 30 heavy (non-hydrogen) atoms. The van der Waals surface area contributed by atoms with Crippen LogP contribution in [0.1, 0.15) is 117 Å². The number of hydrogen-bond acceptors (Lipinski definition) is 4. The Morgan fingerprint density at radius 2 is 1.10 bits per heavy atom. The van der Waals surface area contributed by atoms with Crippen LogP contribution >= 0.6 is 0 Å². The summed E-state index contributed by atoms with van der Waals surface area (Å²) in [6.45, 7) is 13.4. The molecule has 0 aromatic carbocycles. The van der Waals surface area contributed by atoms with Gasteiger partial charge in [-0.3, -0.25) is 0 Å². The Morgan fingerprint density at radius 3 is 1.57 bits per heavy atom. The van der Waals surface area contributed by atoms with Crippen molar-refractivity contribution in [3.05, 3.63) is 24.3 Å². The Morgan fingerprint density at radius 1 is 0.667 bits per heavy atom. The summed E-state index contributed by atoms with van der Waals surface area (Å²) in [5, 5.41) is 0. The lowest BCUT2D eigenvalue weighted by Crippen LogP contribution is -2.18. The number of carbonyl (C=O) groups is 2. The van der Waals surface area contributed by atoms with E-state index in [1.807, 2.05) is 0 Å². The molecule has 0 bridgehead atoms. The molecule has 0 rings (SSSR count). The van der Waals surface area contributed by atoms with Gasteiger partial charge in [-0.25, -0.2) is 9.59 Å². The monoisotopic (exact) mass is 422 g/mol. The highest BCUT2D eigenvalue weighted by molar-refractivity contribution is 5.87. The third-order valence-electron chi connectivity index (χ3n) is 5.25. The largest absolute Gasteiger partial charge is 0.462 e. The molecule has 0 amide bonds. The zero-order chi connectivity index (χ0) is 22.6. The van der Waals surface area contributed by atoms with Crippen molar-refractivity contribution in [3.63, 3.8) is 0 Å². The molecular weight excluding hydrogens is 376 g/mol. The van der Waals surface area contributed by atoms with E-state index in [1.165, 1.54) is 57.8 Å². The van der Waals surface area contributed by atoms with Crippen LogP contribution in [0.4, 0.5) is 0 Å². The van der Waals surface area contributed by atoms with E-state index in [1.54, 1.807) is 13.8 Å². The van der Waals surface area contributed by atoms with E-state index in [-0.39, 0.29) is 18.0 Å². The number of esters is 2. The van der Waals surface area contributed by atoms with Gasteiger partial charge >= 0.3 is 11.9 Å². The van der Waals surface area contributed by atoms with Crippen LogP contribution in [0.2, 0.25) is 0 Å². The van der Waals surface area contributed by atoms with Gasteiger partial charge in [-0.15, -0.1) is 0 Å². The average molecular weight is 423 g/mol. The molecule has 4 nitrogen and oxygen atoms in total. The molecular formula is C26H46O4. The minimum atomic E-state index is -0.285. The highest BCUT2D eigenvalue weighted by Gasteiger charge is 2.14. The van der Waals surface area contributed by atoms with Crippen LogP contribution in [0.25, 0.3) is 0 Å². The number of unbranched alkanes of at least 4 members (excludes halogenated alkanes) is 11. The van der Waals surface area contributed by atoms with Crippen molar-refractivity contribution in [2.75, 3.05) is 6.61 Å². The summed E-state index contributed by atoms with van der Waals surface area (Å²) in [6, 6.07) is 0. The zero-order valence-electron chi connectivity index (χ0n) is 19.9. The summed E-state index contributed by atoms with van der Waals surface area (Å²) < 4.78 is 10.7. The highest BCUT2D eigenvalue weighted by atomic mass is 16.5. The first kappa shape index (κ1) is 28.4. The van der Waals surface area contributed by atoms with Gasteiger partial charge in [0.25, 0.3) is 0 Å². The van der Waals surface area contributed by atoms with Crippen LogP contribution in [0.15, 0.2) is 24.3 Å². The maximum atomic E-state index is 11.9. The van der Waals surface area contributed by atoms with Gasteiger partial charge in [-0.2, -0.15) is 0 Å². The van der Waals surface area contributed by atoms with Crippen molar-refractivity contribution in [3.8, 4) is 0 Å². The Hall–Kier alpha value is -1.58. The Bertz CT molecular complexity index is 495. The molecule has 0 saturated heterocycles. The molecule has 0 spiro atoms. The van der Waals surface area contributed by atoms with Gasteiger partial charge in [-0.1, -0.05) is 84.3 Å². The van der Waals surface area contributed by atoms with Gasteiger partial charge in [0.05, 0.1) is 6.61 Å². The van der Waals surface area contributed by atoms with Gasteiger partial charge < -0.3 is 9.47 Å². The quantitative estimate of drug-likeness (QED) is 0.116. The second-order valence-corrected chi connectivity index (χ2v) is 8.54. The summed E-state index contributed by atoms with van der Waals surface area (Å²) in [5.41, 5.74) is 0.953. The van der Waals surface area contributed by atoms with E-state index in [0.717, 1.165) is 38.5 Å². The fourth-order valence-corrected chi connectivity index (χ4v) is 3.31. The van der Waals surface area contributed by atoms with Crippen LogP contribution in [-0.2, 0) is 19.1 Å². The summed E-state index contributed by atoms with van der Waals surface area (Å²) >= 11 is 0. The fraction of sp³-hybridized carbons (Fsp3) is 0.769. The predicted octanol–water partition coefficient (Wildman–Crippen LogP) is 7.47. The van der Waals surface area contributed by atoms with Crippen LogP contribution in [0, 0.1) is 0 Å². The van der Waals surface area contributed by atoms with Crippen molar-refractivity contribution < 1.29 is 19.1 Å². The minimum Gasteiger partial charge on any atom is -0.462 e. The summed E-state index contributed by atoms with van der Waals surface area (Å²) in [7, 11) is 0. The van der Waals surface area contributed by atoms with E-state index in [0.29, 0.717) is 17.8 Å². The lowest BCUT2D eigenvalue weighted by atomic mass is 10.0. The first-order valence-corrected chi connectivity index (χ1v) is 12.1. The molecule has 1 unspecified atom stereocenters. The smallest absolute Gasteiger partial charge is 0.333 e. The van der Waals surface area contributed by atoms with Gasteiger partial charge in [0.1, 0.15) is 6.10 Å². The Balaban J connectivity index is 3.70. The predicted molar refractivity (Wildman–Crippen MR) is 125 cm³/mol. The molecule has 0 aliphatic carbocycles. The number of carbonyl (C=O) groups excluding carboxylic acids is 2. The van der Waals surface area contributed by atoms with Crippen molar-refractivity contribution >= 4 is 11.9 Å². The average Bonchev–Trinajstić information content (AvgIpc) is 2.71. The summed E-state index contributed by atoms with van der Waals surface area (Å²) in [5.74, 6) is -0.530. The third-order valence-corrected chi connectivity index (χ3v) is 5.25. The summed E-state index contributed by atoms with van der Waals surface area (Å²) in [6.07, 6.45) is 17.4. The van der Waals surface area contributed by atoms with Crippen LogP contribution in [0.3, 0.4) is 0 Å². The van der Waals surface area contributed by atoms with Crippen molar-refractivity contribution in [2.45, 2.75) is 123 Å². The molecule has 4 heteroatoms. The molecule has 0 N–H and O–H groups in total. The van der Waals surface area contributed by atoms with Crippen LogP contribution < -0.4 is 0 Å². The Kier molecular flexibility index (Phi) is 18.4. The maximum Gasteiger partial charge on any atom is 0.333 e. The number of rotatable bonds is 20. The lowest BCUT2D eigenvalue weighted by Gasteiger charge is -2.18. The molecule has 0 aliphatic heterocycles. The standard InChI is InChI=1S/C26H46O4/c1-6-7-8-16-19-24(30-26(28)23(4)5)20-17-14-12-10-9-11-13-15-18-21-29-25(27)22(2)3/h24H,2,4,6-21H2,1,3,5H3. The maximum absolute atomic E-state index is 11.9. The second-order valence-electron chi connectivity index (χ2n) is 8.54. The molecule has 1 atom stereocenters. The van der Waals surface area contributed by atoms with E-state index in [2.05, 4.69) is 20.1 Å². The second kappa shape index (κ2) is 19.4. The van der Waals surface area contributed by atoms with Gasteiger partial charge in [0.15, 0.2) is 0 Å². The topological polar surface area (TPSA) is 52.6 Å². The van der Waals surface area contributed by atoms with Crippen LogP contribution in [0.5, 0.6) is 0 Å². The zero-order valence-corrected chi connectivity index (χ0v) is 19.9. The fourth-order valence-electron chi connectivity index (χ4n) is 3.31. The minimum absolute atomic E-state index is 0.0463. The van der Waals surface area contributed by atoms with E-state index < -0.39 is 0 Å². The molecule has 174 valence electrons. The van der Waals surface area contributed by atoms with E-state index in [9.17, 15) is 9.59 Å². The first-order valence-electron chi connectivity index (χ1n) is 12.1. The summed E-state index contributed by atoms with van der Waals surface area (Å²) in [4.78, 5) is 23.1. The van der Waals surface area contributed by atoms with Gasteiger partial charge in [-0.05, 0) is 46.0 Å². The van der Waals surface area contributed by atoms with Crippen molar-refractivity contribution in [1.82, 2.24) is 0 Å². The first-order chi connectivity index (χ1) is 14.4.